The lowest BCUT2D eigenvalue weighted by atomic mass is 10.2. The molecule has 1 atom stereocenters. The van der Waals surface area contributed by atoms with Crippen molar-refractivity contribution in [1.82, 2.24) is 10.2 Å². The van der Waals surface area contributed by atoms with E-state index in [4.69, 9.17) is 0 Å². The highest BCUT2D eigenvalue weighted by atomic mass is 32.1. The average Bonchev–Trinajstić information content (AvgIpc) is 2.89. The summed E-state index contributed by atoms with van der Waals surface area (Å²) in [5, 5.41) is 5.31. The molecular formula is C14H17F3N2OS. The van der Waals surface area contributed by atoms with Gasteiger partial charge in [0.25, 0.3) is 0 Å². The second kappa shape index (κ2) is 5.28. The molecule has 2 fully saturated rings. The van der Waals surface area contributed by atoms with Crippen molar-refractivity contribution in [3.63, 3.8) is 0 Å². The van der Waals surface area contributed by atoms with Crippen molar-refractivity contribution in [2.75, 3.05) is 6.54 Å². The SMILES string of the molecule is O=C1N(CCCCC(F)(F)F)C(c2cccs2)NC12CC2. The molecule has 1 spiro atoms. The van der Waals surface area contributed by atoms with Crippen molar-refractivity contribution in [2.24, 2.45) is 0 Å². The first-order valence-electron chi connectivity index (χ1n) is 7.10. The highest BCUT2D eigenvalue weighted by Gasteiger charge is 2.59. The fourth-order valence-electron chi connectivity index (χ4n) is 2.79. The average molecular weight is 318 g/mol. The minimum Gasteiger partial charge on any atom is -0.320 e. The second-order valence-corrected chi connectivity index (χ2v) is 6.69. The van der Waals surface area contributed by atoms with E-state index in [-0.39, 0.29) is 18.5 Å². The van der Waals surface area contributed by atoms with Crippen molar-refractivity contribution in [3.8, 4) is 0 Å². The van der Waals surface area contributed by atoms with Crippen LogP contribution in [-0.4, -0.2) is 29.1 Å². The Morgan fingerprint density at radius 2 is 2.14 bits per heavy atom. The van der Waals surface area contributed by atoms with E-state index in [9.17, 15) is 18.0 Å². The summed E-state index contributed by atoms with van der Waals surface area (Å²) in [5.74, 6) is 0.0490. The number of nitrogens with one attached hydrogen (secondary N) is 1. The van der Waals surface area contributed by atoms with Crippen LogP contribution in [0.15, 0.2) is 17.5 Å². The van der Waals surface area contributed by atoms with Gasteiger partial charge in [0.05, 0.1) is 0 Å². The molecule has 1 saturated heterocycles. The third-order valence-corrected chi connectivity index (χ3v) is 4.99. The molecule has 1 aliphatic carbocycles. The van der Waals surface area contributed by atoms with E-state index in [1.807, 2.05) is 17.5 Å². The summed E-state index contributed by atoms with van der Waals surface area (Å²) in [5.41, 5.74) is -0.432. The van der Waals surface area contributed by atoms with Crippen LogP contribution >= 0.6 is 11.3 Å². The fourth-order valence-corrected chi connectivity index (χ4v) is 3.57. The Labute approximate surface area is 125 Å². The predicted molar refractivity (Wildman–Crippen MR) is 73.8 cm³/mol. The normalized spacial score (nSPS) is 24.0. The molecule has 0 radical (unpaired) electrons. The molecule has 0 aromatic carbocycles. The Kier molecular flexibility index (Phi) is 3.73. The lowest BCUT2D eigenvalue weighted by Crippen LogP contribution is -2.33. The molecule has 3 nitrogen and oxygen atoms in total. The van der Waals surface area contributed by atoms with Crippen LogP contribution in [0.1, 0.15) is 43.1 Å². The number of alkyl halides is 3. The molecule has 1 aliphatic heterocycles. The van der Waals surface area contributed by atoms with Gasteiger partial charge in [0, 0.05) is 17.8 Å². The number of halogens is 3. The molecule has 116 valence electrons. The number of unbranched alkanes of at least 4 members (excludes halogenated alkanes) is 1. The van der Waals surface area contributed by atoms with Gasteiger partial charge in [-0.1, -0.05) is 6.07 Å². The third-order valence-electron chi connectivity index (χ3n) is 4.07. The molecule has 2 heterocycles. The Morgan fingerprint density at radius 3 is 2.71 bits per heavy atom. The summed E-state index contributed by atoms with van der Waals surface area (Å²) in [7, 11) is 0. The van der Waals surface area contributed by atoms with E-state index < -0.39 is 18.1 Å². The molecule has 7 heteroatoms. The topological polar surface area (TPSA) is 32.3 Å². The van der Waals surface area contributed by atoms with Crippen LogP contribution in [0.25, 0.3) is 0 Å². The molecule has 1 saturated carbocycles. The third kappa shape index (κ3) is 3.08. The van der Waals surface area contributed by atoms with E-state index in [2.05, 4.69) is 5.32 Å². The van der Waals surface area contributed by atoms with Gasteiger partial charge in [0.2, 0.25) is 5.91 Å². The van der Waals surface area contributed by atoms with Crippen LogP contribution in [0.5, 0.6) is 0 Å². The molecule has 0 bridgehead atoms. The molecule has 21 heavy (non-hydrogen) atoms. The Morgan fingerprint density at radius 1 is 1.38 bits per heavy atom. The van der Waals surface area contributed by atoms with Gasteiger partial charge in [-0.2, -0.15) is 13.2 Å². The molecule has 1 aromatic rings. The van der Waals surface area contributed by atoms with Crippen molar-refractivity contribution in [3.05, 3.63) is 22.4 Å². The molecular weight excluding hydrogens is 301 g/mol. The first kappa shape index (κ1) is 14.8. The smallest absolute Gasteiger partial charge is 0.320 e. The second-order valence-electron chi connectivity index (χ2n) is 5.72. The quantitative estimate of drug-likeness (QED) is 0.844. The van der Waals surface area contributed by atoms with Crippen LogP contribution in [-0.2, 0) is 4.79 Å². The lowest BCUT2D eigenvalue weighted by Gasteiger charge is -2.23. The maximum atomic E-state index is 12.4. The summed E-state index contributed by atoms with van der Waals surface area (Å²) in [6.07, 6.45) is -2.97. The van der Waals surface area contributed by atoms with Crippen LogP contribution < -0.4 is 5.32 Å². The van der Waals surface area contributed by atoms with Gasteiger partial charge in [0.15, 0.2) is 0 Å². The summed E-state index contributed by atoms with van der Waals surface area (Å²) in [4.78, 5) is 15.2. The highest BCUT2D eigenvalue weighted by Crippen LogP contribution is 2.46. The number of hydrogen-bond donors (Lipinski definition) is 1. The fraction of sp³-hybridized carbons (Fsp3) is 0.643. The molecule has 3 rings (SSSR count). The van der Waals surface area contributed by atoms with Gasteiger partial charge in [-0.3, -0.25) is 10.1 Å². The Balaban J connectivity index is 1.62. The lowest BCUT2D eigenvalue weighted by molar-refractivity contribution is -0.136. The number of hydrogen-bond acceptors (Lipinski definition) is 3. The number of amides is 1. The van der Waals surface area contributed by atoms with Crippen LogP contribution in [0.2, 0.25) is 0 Å². The highest BCUT2D eigenvalue weighted by molar-refractivity contribution is 7.10. The number of thiophene rings is 1. The van der Waals surface area contributed by atoms with Crippen LogP contribution in [0.4, 0.5) is 13.2 Å². The van der Waals surface area contributed by atoms with Crippen molar-refractivity contribution >= 4 is 17.2 Å². The van der Waals surface area contributed by atoms with Crippen LogP contribution in [0.3, 0.4) is 0 Å². The van der Waals surface area contributed by atoms with Gasteiger partial charge in [0.1, 0.15) is 11.7 Å². The summed E-state index contributed by atoms with van der Waals surface area (Å²) in [6.45, 7) is 0.381. The van der Waals surface area contributed by atoms with Crippen molar-refractivity contribution in [2.45, 2.75) is 50.0 Å². The van der Waals surface area contributed by atoms with Crippen LogP contribution in [0, 0.1) is 0 Å². The first-order chi connectivity index (χ1) is 9.91. The summed E-state index contributed by atoms with van der Waals surface area (Å²) >= 11 is 1.56. The Bertz CT molecular complexity index is 511. The van der Waals surface area contributed by atoms with Gasteiger partial charge in [-0.05, 0) is 37.1 Å². The van der Waals surface area contributed by atoms with E-state index in [0.29, 0.717) is 13.0 Å². The minimum atomic E-state index is -4.11. The van der Waals surface area contributed by atoms with E-state index >= 15 is 0 Å². The van der Waals surface area contributed by atoms with E-state index in [0.717, 1.165) is 17.7 Å². The standard InChI is InChI=1S/C14H17F3N2OS/c15-14(16,17)5-1-2-8-19-11(10-4-3-9-21-10)18-13(6-7-13)12(19)20/h3-4,9,11,18H,1-2,5-8H2. The summed E-state index contributed by atoms with van der Waals surface area (Å²) in [6, 6.07) is 3.88. The van der Waals surface area contributed by atoms with E-state index in [1.54, 1.807) is 16.2 Å². The maximum absolute atomic E-state index is 12.4. The number of nitrogens with zero attached hydrogens (tertiary/aromatic N) is 1. The predicted octanol–water partition coefficient (Wildman–Crippen LogP) is 3.44. The molecule has 1 aromatic heterocycles. The molecule has 1 amide bonds. The van der Waals surface area contributed by atoms with Gasteiger partial charge >= 0.3 is 6.18 Å². The largest absolute Gasteiger partial charge is 0.389 e. The van der Waals surface area contributed by atoms with Gasteiger partial charge in [-0.15, -0.1) is 11.3 Å². The Hall–Kier alpha value is -1.08. The molecule has 1 unspecified atom stereocenters. The number of carbonyl (C=O) groups is 1. The van der Waals surface area contributed by atoms with E-state index in [1.165, 1.54) is 0 Å². The van der Waals surface area contributed by atoms with Gasteiger partial charge < -0.3 is 4.90 Å². The first-order valence-corrected chi connectivity index (χ1v) is 7.98. The number of rotatable bonds is 5. The van der Waals surface area contributed by atoms with Crippen molar-refractivity contribution in [1.29, 1.82) is 0 Å². The van der Waals surface area contributed by atoms with Crippen molar-refractivity contribution < 1.29 is 18.0 Å². The zero-order valence-corrected chi connectivity index (χ0v) is 12.3. The molecule has 2 aliphatic rings. The summed E-state index contributed by atoms with van der Waals surface area (Å²) < 4.78 is 36.5. The van der Waals surface area contributed by atoms with Gasteiger partial charge in [-0.25, -0.2) is 0 Å². The molecule has 1 N–H and O–H groups in total. The number of carbonyl (C=O) groups excluding carboxylic acids is 1. The zero-order valence-electron chi connectivity index (χ0n) is 11.4. The minimum absolute atomic E-state index is 0.0490. The zero-order chi connectivity index (χ0) is 15.1. The monoisotopic (exact) mass is 318 g/mol. The maximum Gasteiger partial charge on any atom is 0.389 e.